The second-order valence-corrected chi connectivity index (χ2v) is 4.20. The van der Waals surface area contributed by atoms with Gasteiger partial charge in [-0.3, -0.25) is 0 Å². The van der Waals surface area contributed by atoms with E-state index in [-0.39, 0.29) is 18.1 Å². The number of ether oxygens (including phenoxy) is 1. The first kappa shape index (κ1) is 12.8. The number of rotatable bonds is 3. The summed E-state index contributed by atoms with van der Waals surface area (Å²) in [5, 5.41) is 3.62. The lowest BCUT2D eigenvalue weighted by molar-refractivity contribution is 0.0513. The van der Waals surface area contributed by atoms with E-state index in [1.165, 1.54) is 12.1 Å². The Morgan fingerprint density at radius 1 is 1.56 bits per heavy atom. The highest BCUT2D eigenvalue weighted by Crippen LogP contribution is 2.31. The first-order valence-electron chi connectivity index (χ1n) is 5.21. The van der Waals surface area contributed by atoms with Crippen molar-refractivity contribution in [2.45, 2.75) is 6.92 Å². The molecule has 0 aliphatic rings. The highest BCUT2D eigenvalue weighted by Gasteiger charge is 2.22. The smallest absolute Gasteiger partial charge is 0.361 e. The molecule has 6 heteroatoms. The Morgan fingerprint density at radius 3 is 3.00 bits per heavy atom. The second-order valence-electron chi connectivity index (χ2n) is 3.41. The Bertz CT molecular complexity index is 582. The topological polar surface area (TPSA) is 52.3 Å². The maximum Gasteiger partial charge on any atom is 0.361 e. The number of halogens is 2. The molecule has 0 aliphatic carbocycles. The maximum atomic E-state index is 13.1. The van der Waals surface area contributed by atoms with Crippen LogP contribution in [0, 0.1) is 5.82 Å². The molecule has 0 N–H and O–H groups in total. The Labute approximate surface area is 111 Å². The molecule has 0 amide bonds. The van der Waals surface area contributed by atoms with Crippen LogP contribution in [0.3, 0.4) is 0 Å². The molecule has 1 heterocycles. The van der Waals surface area contributed by atoms with Gasteiger partial charge < -0.3 is 9.26 Å². The van der Waals surface area contributed by atoms with E-state index in [4.69, 9.17) is 9.26 Å². The molecule has 0 spiro atoms. The average molecular weight is 314 g/mol. The fraction of sp³-hybridized carbons (Fsp3) is 0.167. The molecule has 0 atom stereocenters. The molecule has 1 aromatic carbocycles. The predicted molar refractivity (Wildman–Crippen MR) is 65.6 cm³/mol. The van der Waals surface area contributed by atoms with Crippen LogP contribution in [0.4, 0.5) is 4.39 Å². The highest BCUT2D eigenvalue weighted by atomic mass is 79.9. The van der Waals surface area contributed by atoms with Gasteiger partial charge in [0.2, 0.25) is 5.69 Å². The molecule has 1 aromatic heterocycles. The van der Waals surface area contributed by atoms with Gasteiger partial charge in [-0.2, -0.15) is 0 Å². The SMILES string of the molecule is CCOC(=O)c1noc(-c2cccc(F)c2)c1Br. The second kappa shape index (κ2) is 5.30. The van der Waals surface area contributed by atoms with Crippen molar-refractivity contribution in [2.75, 3.05) is 6.61 Å². The lowest BCUT2D eigenvalue weighted by Crippen LogP contribution is -2.05. The quantitative estimate of drug-likeness (QED) is 0.815. The summed E-state index contributed by atoms with van der Waals surface area (Å²) in [7, 11) is 0. The van der Waals surface area contributed by atoms with E-state index >= 15 is 0 Å². The van der Waals surface area contributed by atoms with Gasteiger partial charge in [0.1, 0.15) is 10.3 Å². The number of carbonyl (C=O) groups excluding carboxylic acids is 1. The van der Waals surface area contributed by atoms with E-state index in [9.17, 15) is 9.18 Å². The van der Waals surface area contributed by atoms with E-state index < -0.39 is 11.8 Å². The van der Waals surface area contributed by atoms with Gasteiger partial charge in [-0.1, -0.05) is 17.3 Å². The van der Waals surface area contributed by atoms with Gasteiger partial charge in [-0.25, -0.2) is 9.18 Å². The average Bonchev–Trinajstić information content (AvgIpc) is 2.71. The summed E-state index contributed by atoms with van der Waals surface area (Å²) in [6, 6.07) is 5.81. The van der Waals surface area contributed by atoms with Crippen molar-refractivity contribution in [3.05, 3.63) is 40.2 Å². The Hall–Kier alpha value is -1.69. The molecule has 0 saturated carbocycles. The standard InChI is InChI=1S/C12H9BrFNO3/c1-2-17-12(16)10-9(13)11(18-15-10)7-4-3-5-8(14)6-7/h3-6H,2H2,1H3. The van der Waals surface area contributed by atoms with Crippen molar-refractivity contribution in [2.24, 2.45) is 0 Å². The number of hydrogen-bond acceptors (Lipinski definition) is 4. The molecular formula is C12H9BrFNO3. The first-order valence-corrected chi connectivity index (χ1v) is 6.01. The summed E-state index contributed by atoms with van der Waals surface area (Å²) >= 11 is 3.20. The van der Waals surface area contributed by atoms with Crippen LogP contribution >= 0.6 is 15.9 Å². The van der Waals surface area contributed by atoms with Crippen LogP contribution in [0.5, 0.6) is 0 Å². The van der Waals surface area contributed by atoms with E-state index in [0.29, 0.717) is 10.0 Å². The summed E-state index contributed by atoms with van der Waals surface area (Å²) in [5.74, 6) is -0.693. The Kier molecular flexibility index (Phi) is 3.76. The number of esters is 1. The molecule has 94 valence electrons. The van der Waals surface area contributed by atoms with Crippen LogP contribution in [0.2, 0.25) is 0 Å². The Balaban J connectivity index is 2.39. The normalized spacial score (nSPS) is 10.4. The molecule has 0 fully saturated rings. The number of carbonyl (C=O) groups is 1. The van der Waals surface area contributed by atoms with Gasteiger partial charge in [0.25, 0.3) is 0 Å². The van der Waals surface area contributed by atoms with Gasteiger partial charge in [0.15, 0.2) is 5.76 Å². The molecule has 0 bridgehead atoms. The molecule has 0 radical (unpaired) electrons. The minimum atomic E-state index is -0.587. The van der Waals surface area contributed by atoms with Gasteiger partial charge in [-0.05, 0) is 35.0 Å². The number of aromatic nitrogens is 1. The highest BCUT2D eigenvalue weighted by molar-refractivity contribution is 9.10. The predicted octanol–water partition coefficient (Wildman–Crippen LogP) is 3.42. The van der Waals surface area contributed by atoms with Gasteiger partial charge >= 0.3 is 5.97 Å². The fourth-order valence-corrected chi connectivity index (χ4v) is 1.95. The molecule has 2 aromatic rings. The summed E-state index contributed by atoms with van der Waals surface area (Å²) in [4.78, 5) is 11.5. The van der Waals surface area contributed by atoms with Crippen molar-refractivity contribution >= 4 is 21.9 Å². The zero-order valence-corrected chi connectivity index (χ0v) is 11.0. The lowest BCUT2D eigenvalue weighted by atomic mass is 10.1. The lowest BCUT2D eigenvalue weighted by Gasteiger charge is -1.98. The summed E-state index contributed by atoms with van der Waals surface area (Å²) in [5.41, 5.74) is 0.529. The third-order valence-corrected chi connectivity index (χ3v) is 2.93. The van der Waals surface area contributed by atoms with E-state index in [2.05, 4.69) is 21.1 Å². The van der Waals surface area contributed by atoms with Gasteiger partial charge in [0, 0.05) is 5.56 Å². The molecule has 0 aliphatic heterocycles. The molecule has 18 heavy (non-hydrogen) atoms. The number of hydrogen-bond donors (Lipinski definition) is 0. The van der Waals surface area contributed by atoms with Crippen LogP contribution in [0.25, 0.3) is 11.3 Å². The van der Waals surface area contributed by atoms with Crippen LogP contribution in [-0.4, -0.2) is 17.7 Å². The molecule has 0 saturated heterocycles. The molecule has 2 rings (SSSR count). The first-order chi connectivity index (χ1) is 8.63. The third kappa shape index (κ3) is 2.43. The van der Waals surface area contributed by atoms with Crippen molar-refractivity contribution in [3.63, 3.8) is 0 Å². The molecular weight excluding hydrogens is 305 g/mol. The van der Waals surface area contributed by atoms with Crippen molar-refractivity contribution in [1.82, 2.24) is 5.16 Å². The maximum absolute atomic E-state index is 13.1. The van der Waals surface area contributed by atoms with Crippen molar-refractivity contribution in [1.29, 1.82) is 0 Å². The Morgan fingerprint density at radius 2 is 2.33 bits per heavy atom. The largest absolute Gasteiger partial charge is 0.461 e. The van der Waals surface area contributed by atoms with Crippen LogP contribution in [-0.2, 0) is 4.74 Å². The van der Waals surface area contributed by atoms with E-state index in [1.54, 1.807) is 19.1 Å². The molecule has 4 nitrogen and oxygen atoms in total. The van der Waals surface area contributed by atoms with Crippen LogP contribution < -0.4 is 0 Å². The van der Waals surface area contributed by atoms with E-state index in [0.717, 1.165) is 0 Å². The summed E-state index contributed by atoms with van der Waals surface area (Å²) < 4.78 is 23.3. The monoisotopic (exact) mass is 313 g/mol. The van der Waals surface area contributed by atoms with Crippen LogP contribution in [0.1, 0.15) is 17.4 Å². The van der Waals surface area contributed by atoms with E-state index in [1.807, 2.05) is 0 Å². The number of benzene rings is 1. The summed E-state index contributed by atoms with van der Waals surface area (Å²) in [6.45, 7) is 1.94. The van der Waals surface area contributed by atoms with Crippen LogP contribution in [0.15, 0.2) is 33.3 Å². The summed E-state index contributed by atoms with van der Waals surface area (Å²) in [6.07, 6.45) is 0. The van der Waals surface area contributed by atoms with Crippen molar-refractivity contribution < 1.29 is 18.4 Å². The minimum Gasteiger partial charge on any atom is -0.461 e. The van der Waals surface area contributed by atoms with Crippen molar-refractivity contribution in [3.8, 4) is 11.3 Å². The minimum absolute atomic E-state index is 0.0381. The van der Waals surface area contributed by atoms with Gasteiger partial charge in [-0.15, -0.1) is 0 Å². The number of nitrogens with zero attached hydrogens (tertiary/aromatic N) is 1. The fourth-order valence-electron chi connectivity index (χ4n) is 1.41. The van der Waals surface area contributed by atoms with Gasteiger partial charge in [0.05, 0.1) is 6.61 Å². The zero-order valence-electron chi connectivity index (χ0n) is 9.44. The zero-order chi connectivity index (χ0) is 13.1. The third-order valence-electron chi connectivity index (χ3n) is 2.19. The molecule has 0 unspecified atom stereocenters.